The lowest BCUT2D eigenvalue weighted by Crippen LogP contribution is -2.19. The van der Waals surface area contributed by atoms with E-state index in [0.717, 1.165) is 46.1 Å². The Morgan fingerprint density at radius 1 is 0.848 bits per heavy atom. The zero-order chi connectivity index (χ0) is 31.2. The first-order valence-electron chi connectivity index (χ1n) is 16.2. The van der Waals surface area contributed by atoms with Gasteiger partial charge in [0.15, 0.2) is 12.4 Å². The minimum Gasteiger partial charge on any atom is -0.460 e. The lowest BCUT2D eigenvalue weighted by molar-refractivity contribution is -0.353. The molecule has 224 valence electrons. The number of nitrogens with zero attached hydrogens (tertiary/aromatic N) is 2. The van der Waals surface area contributed by atoms with Gasteiger partial charge in [-0.25, -0.2) is 0 Å². The molecular formula is C43H37N2O+. The van der Waals surface area contributed by atoms with Crippen LogP contribution in [0.2, 0.25) is 0 Å². The number of benzene rings is 3. The molecule has 3 heteroatoms. The summed E-state index contributed by atoms with van der Waals surface area (Å²) in [5.41, 5.74) is 11.6. The van der Waals surface area contributed by atoms with E-state index in [1.807, 2.05) is 0 Å². The summed E-state index contributed by atoms with van der Waals surface area (Å²) >= 11 is 0. The van der Waals surface area contributed by atoms with E-state index in [4.69, 9.17) is 4.74 Å². The van der Waals surface area contributed by atoms with Gasteiger partial charge in [0.1, 0.15) is 11.5 Å². The van der Waals surface area contributed by atoms with Crippen LogP contribution in [0.3, 0.4) is 0 Å². The van der Waals surface area contributed by atoms with Crippen molar-refractivity contribution in [2.24, 2.45) is 11.8 Å². The van der Waals surface area contributed by atoms with Crippen molar-refractivity contribution in [1.82, 2.24) is 0 Å². The molecule has 3 aromatic rings. The highest BCUT2D eigenvalue weighted by Gasteiger charge is 2.43. The molecule has 2 aliphatic heterocycles. The monoisotopic (exact) mass is 597 g/mol. The molecule has 3 aromatic carbocycles. The van der Waals surface area contributed by atoms with E-state index >= 15 is 0 Å². The summed E-state index contributed by atoms with van der Waals surface area (Å²) in [6, 6.07) is 28.2. The van der Waals surface area contributed by atoms with E-state index < -0.39 is 0 Å². The zero-order valence-corrected chi connectivity index (χ0v) is 26.3. The van der Waals surface area contributed by atoms with Gasteiger partial charge in [0.25, 0.3) is 0 Å². The average molecular weight is 598 g/mol. The highest BCUT2D eigenvalue weighted by Crippen LogP contribution is 2.54. The van der Waals surface area contributed by atoms with E-state index in [-0.39, 0.29) is 11.8 Å². The molecule has 1 fully saturated rings. The van der Waals surface area contributed by atoms with Gasteiger partial charge in [-0.3, -0.25) is 0 Å². The minimum absolute atomic E-state index is 0.126. The molecule has 0 N–H and O–H groups in total. The molecule has 46 heavy (non-hydrogen) atoms. The second-order valence-corrected chi connectivity index (χ2v) is 12.6. The quantitative estimate of drug-likeness (QED) is 0.278. The number of ether oxygens (including phenoxy) is 1. The normalized spacial score (nSPS) is 28.4. The van der Waals surface area contributed by atoms with Crippen molar-refractivity contribution in [3.05, 3.63) is 191 Å². The molecule has 3 aliphatic carbocycles. The molecule has 2 bridgehead atoms. The van der Waals surface area contributed by atoms with Gasteiger partial charge in [-0.1, -0.05) is 80.3 Å². The number of para-hydroxylation sites is 1. The Bertz CT molecular complexity index is 2020. The first-order valence-corrected chi connectivity index (χ1v) is 16.2. The first-order chi connectivity index (χ1) is 22.6. The van der Waals surface area contributed by atoms with Crippen LogP contribution in [0, 0.1) is 11.8 Å². The van der Waals surface area contributed by atoms with Crippen LogP contribution < -0.4 is 4.90 Å². The molecule has 8 rings (SSSR count). The predicted octanol–water partition coefficient (Wildman–Crippen LogP) is 10.6. The second-order valence-electron chi connectivity index (χ2n) is 12.6. The third-order valence-electron chi connectivity index (χ3n) is 9.71. The summed E-state index contributed by atoms with van der Waals surface area (Å²) in [5.74, 6) is 2.77. The van der Waals surface area contributed by atoms with Crippen molar-refractivity contribution >= 4 is 28.8 Å². The number of allylic oxidation sites excluding steroid dienone is 14. The summed E-state index contributed by atoms with van der Waals surface area (Å²) in [6.45, 7) is 9.08. The topological polar surface area (TPSA) is 15.5 Å². The SMILES string of the molecule is C=C1\C2=C/C=C\[N+](c3ccc(N(C4=CCC(C)C=C4)c4ccccc4)cc3)=C\C=C3\OC4=CC=CC(c5ccccc52)C4\C3=C/1C. The van der Waals surface area contributed by atoms with Crippen LogP contribution >= 0.6 is 0 Å². The lowest BCUT2D eigenvalue weighted by Gasteiger charge is -2.30. The van der Waals surface area contributed by atoms with Crippen molar-refractivity contribution in [2.45, 2.75) is 26.2 Å². The largest absolute Gasteiger partial charge is 0.460 e. The Hall–Kier alpha value is -5.41. The van der Waals surface area contributed by atoms with Crippen molar-refractivity contribution < 1.29 is 9.31 Å². The molecule has 0 aromatic heterocycles. The third kappa shape index (κ3) is 4.80. The molecule has 5 aliphatic rings. The Kier molecular flexibility index (Phi) is 7.02. The smallest absolute Gasteiger partial charge is 0.210 e. The standard InChI is InChI=1S/C43H37N2O/c1-29-18-20-34(21-19-29)45(33-11-5-4-6-12-33)35-24-22-32(23-25-35)44-27-10-16-36-30(2)31(3)42-41(26-28-44)46-40-17-9-15-39(43(40)42)38-14-8-7-13-37(36)38/h4-18,20-29,39,43H,2,19H2,1,3H3/q+1/b27-10-,36-16+,41-26+,42-31-,44-28-. The number of anilines is 2. The van der Waals surface area contributed by atoms with E-state index in [9.17, 15) is 0 Å². The second kappa shape index (κ2) is 11.5. The summed E-state index contributed by atoms with van der Waals surface area (Å²) in [7, 11) is 0. The van der Waals surface area contributed by atoms with Crippen LogP contribution in [-0.2, 0) is 4.74 Å². The van der Waals surface area contributed by atoms with Gasteiger partial charge in [-0.15, -0.1) is 0 Å². The molecule has 0 radical (unpaired) electrons. The average Bonchev–Trinajstić information content (AvgIpc) is 3.47. The Balaban J connectivity index is 1.23. The van der Waals surface area contributed by atoms with Crippen molar-refractivity contribution in [1.29, 1.82) is 0 Å². The molecule has 0 spiro atoms. The molecule has 0 amide bonds. The Labute approximate surface area is 271 Å². The Morgan fingerprint density at radius 2 is 1.63 bits per heavy atom. The van der Waals surface area contributed by atoms with Crippen molar-refractivity contribution in [3.63, 3.8) is 0 Å². The maximum Gasteiger partial charge on any atom is 0.210 e. The van der Waals surface area contributed by atoms with Crippen LogP contribution in [0.1, 0.15) is 37.3 Å². The van der Waals surface area contributed by atoms with Crippen LogP contribution in [0.4, 0.5) is 17.1 Å². The fraction of sp³-hybridized carbons (Fsp3) is 0.140. The van der Waals surface area contributed by atoms with Crippen LogP contribution in [0.25, 0.3) is 5.57 Å². The summed E-state index contributed by atoms with van der Waals surface area (Å²) in [6.07, 6.45) is 25.2. The zero-order valence-electron chi connectivity index (χ0n) is 26.3. The minimum atomic E-state index is 0.126. The molecule has 3 unspecified atom stereocenters. The van der Waals surface area contributed by atoms with Gasteiger partial charge in [0.2, 0.25) is 5.69 Å². The predicted molar refractivity (Wildman–Crippen MR) is 190 cm³/mol. The first kappa shape index (κ1) is 28.1. The summed E-state index contributed by atoms with van der Waals surface area (Å²) in [5, 5.41) is 0. The fourth-order valence-electron chi connectivity index (χ4n) is 7.27. The Morgan fingerprint density at radius 3 is 2.43 bits per heavy atom. The maximum atomic E-state index is 6.64. The van der Waals surface area contributed by atoms with Gasteiger partial charge in [0.05, 0.1) is 5.92 Å². The van der Waals surface area contributed by atoms with E-state index in [2.05, 4.69) is 176 Å². The van der Waals surface area contributed by atoms with E-state index in [1.54, 1.807) is 0 Å². The molecule has 3 atom stereocenters. The molecule has 3 nitrogen and oxygen atoms in total. The number of fused-ring (bicyclic) bond motifs is 5. The highest BCUT2D eigenvalue weighted by atomic mass is 16.5. The van der Waals surface area contributed by atoms with Crippen LogP contribution in [0.5, 0.6) is 0 Å². The van der Waals surface area contributed by atoms with Crippen LogP contribution in [-0.4, -0.2) is 10.8 Å². The number of hydrogen-bond acceptors (Lipinski definition) is 2. The number of hydrogen-bond donors (Lipinski definition) is 0. The highest BCUT2D eigenvalue weighted by molar-refractivity contribution is 5.88. The molecule has 2 heterocycles. The van der Waals surface area contributed by atoms with Crippen molar-refractivity contribution in [3.8, 4) is 0 Å². The molecular weight excluding hydrogens is 560 g/mol. The van der Waals surface area contributed by atoms with Gasteiger partial charge < -0.3 is 9.64 Å². The van der Waals surface area contributed by atoms with Gasteiger partial charge >= 0.3 is 0 Å². The van der Waals surface area contributed by atoms with Gasteiger partial charge in [-0.05, 0) is 89.6 Å². The molecule has 0 saturated carbocycles. The fourth-order valence-corrected chi connectivity index (χ4v) is 7.27. The van der Waals surface area contributed by atoms with E-state index in [1.165, 1.54) is 28.0 Å². The number of rotatable bonds is 4. The lowest BCUT2D eigenvalue weighted by atomic mass is 9.71. The van der Waals surface area contributed by atoms with Crippen molar-refractivity contribution in [2.75, 3.05) is 4.90 Å². The summed E-state index contributed by atoms with van der Waals surface area (Å²) in [4.78, 5) is 2.33. The van der Waals surface area contributed by atoms with Crippen LogP contribution in [0.15, 0.2) is 180 Å². The molecule has 1 saturated heterocycles. The maximum absolute atomic E-state index is 6.64. The van der Waals surface area contributed by atoms with Gasteiger partial charge in [-0.2, -0.15) is 4.58 Å². The van der Waals surface area contributed by atoms with E-state index in [0.29, 0.717) is 5.92 Å². The third-order valence-corrected chi connectivity index (χ3v) is 9.71. The van der Waals surface area contributed by atoms with Gasteiger partial charge in [0, 0.05) is 52.8 Å². The summed E-state index contributed by atoms with van der Waals surface area (Å²) < 4.78 is 8.80.